The third kappa shape index (κ3) is 3.98. The molecule has 142 valence electrons. The van der Waals surface area contributed by atoms with Gasteiger partial charge in [0.15, 0.2) is 0 Å². The molecule has 0 aliphatic heterocycles. The number of hydrogen-bond acceptors (Lipinski definition) is 2. The lowest BCUT2D eigenvalue weighted by molar-refractivity contribution is 0.414. The van der Waals surface area contributed by atoms with E-state index in [2.05, 4.69) is 71.6 Å². The molecule has 0 unspecified atom stereocenters. The molecule has 0 fully saturated rings. The fourth-order valence-corrected chi connectivity index (χ4v) is 3.39. The van der Waals surface area contributed by atoms with Crippen LogP contribution in [0.2, 0.25) is 5.02 Å². The quantitative estimate of drug-likeness (QED) is 0.494. The summed E-state index contributed by atoms with van der Waals surface area (Å²) in [6, 6.07) is 16.2. The van der Waals surface area contributed by atoms with Gasteiger partial charge in [-0.2, -0.15) is 0 Å². The van der Waals surface area contributed by atoms with Crippen molar-refractivity contribution in [3.05, 3.63) is 59.8 Å². The number of nitrogens with zero attached hydrogens (tertiary/aromatic N) is 3. The first-order valence-electron chi connectivity index (χ1n) is 8.90. The standard InChI is InChI=1S/C21H23ClN4.ClH/c1-21(2,3)23-12-13-25-19(15-8-10-16(22)11-9-15)14-26-18-7-5-4-6-17(18)24-20(25)26;/h4-11,14,23H,12-13H2,1-3H3;1H. The third-order valence-corrected chi connectivity index (χ3v) is 4.74. The molecule has 4 rings (SSSR count). The van der Waals surface area contributed by atoms with Crippen LogP contribution in [0.25, 0.3) is 28.1 Å². The number of para-hydroxylation sites is 2. The maximum atomic E-state index is 6.07. The molecule has 0 amide bonds. The molecule has 0 radical (unpaired) electrons. The number of rotatable bonds is 4. The van der Waals surface area contributed by atoms with Crippen LogP contribution in [0, 0.1) is 0 Å². The van der Waals surface area contributed by atoms with Crippen molar-refractivity contribution in [2.24, 2.45) is 0 Å². The van der Waals surface area contributed by atoms with Crippen LogP contribution < -0.4 is 5.32 Å². The normalized spacial score (nSPS) is 11.9. The van der Waals surface area contributed by atoms with Crippen LogP contribution in [0.4, 0.5) is 0 Å². The molecule has 2 aromatic carbocycles. The monoisotopic (exact) mass is 402 g/mol. The Morgan fingerprint density at radius 3 is 2.44 bits per heavy atom. The molecule has 0 atom stereocenters. The highest BCUT2D eigenvalue weighted by molar-refractivity contribution is 6.30. The van der Waals surface area contributed by atoms with E-state index in [4.69, 9.17) is 16.6 Å². The highest BCUT2D eigenvalue weighted by Crippen LogP contribution is 2.27. The lowest BCUT2D eigenvalue weighted by Gasteiger charge is -2.21. The molecular formula is C21H24Cl2N4. The fourth-order valence-electron chi connectivity index (χ4n) is 3.26. The zero-order valence-corrected chi connectivity index (χ0v) is 17.3. The maximum Gasteiger partial charge on any atom is 0.215 e. The Kier molecular flexibility index (Phi) is 5.52. The van der Waals surface area contributed by atoms with E-state index in [9.17, 15) is 0 Å². The molecule has 0 bridgehead atoms. The van der Waals surface area contributed by atoms with E-state index in [-0.39, 0.29) is 17.9 Å². The van der Waals surface area contributed by atoms with Crippen LogP contribution >= 0.6 is 24.0 Å². The van der Waals surface area contributed by atoms with E-state index >= 15 is 0 Å². The van der Waals surface area contributed by atoms with Gasteiger partial charge in [0, 0.05) is 29.8 Å². The summed E-state index contributed by atoms with van der Waals surface area (Å²) in [7, 11) is 0. The van der Waals surface area contributed by atoms with Crippen LogP contribution in [-0.2, 0) is 6.54 Å². The summed E-state index contributed by atoms with van der Waals surface area (Å²) in [5.74, 6) is 0.965. The molecule has 0 spiro atoms. The molecular weight excluding hydrogens is 379 g/mol. The van der Waals surface area contributed by atoms with Gasteiger partial charge in [-0.1, -0.05) is 35.9 Å². The smallest absolute Gasteiger partial charge is 0.215 e. The number of aromatic nitrogens is 3. The molecule has 6 heteroatoms. The van der Waals surface area contributed by atoms with Crippen LogP contribution in [0.15, 0.2) is 54.7 Å². The Bertz CT molecular complexity index is 1060. The Morgan fingerprint density at radius 2 is 1.74 bits per heavy atom. The number of hydrogen-bond donors (Lipinski definition) is 1. The van der Waals surface area contributed by atoms with E-state index < -0.39 is 0 Å². The summed E-state index contributed by atoms with van der Waals surface area (Å²) in [5, 5.41) is 4.31. The summed E-state index contributed by atoms with van der Waals surface area (Å²) in [5.41, 5.74) is 4.51. The van der Waals surface area contributed by atoms with Crippen molar-refractivity contribution in [2.75, 3.05) is 6.54 Å². The van der Waals surface area contributed by atoms with Crippen molar-refractivity contribution < 1.29 is 0 Å². The van der Waals surface area contributed by atoms with Crippen molar-refractivity contribution in [2.45, 2.75) is 32.9 Å². The van der Waals surface area contributed by atoms with Crippen LogP contribution in [-0.4, -0.2) is 26.0 Å². The zero-order chi connectivity index (χ0) is 18.3. The van der Waals surface area contributed by atoms with Crippen molar-refractivity contribution in [3.8, 4) is 11.3 Å². The second-order valence-electron chi connectivity index (χ2n) is 7.62. The number of nitrogens with one attached hydrogen (secondary N) is 1. The first-order chi connectivity index (χ1) is 12.4. The van der Waals surface area contributed by atoms with E-state index in [1.165, 1.54) is 0 Å². The number of benzene rings is 2. The Labute approximate surface area is 170 Å². The van der Waals surface area contributed by atoms with Gasteiger partial charge in [-0.15, -0.1) is 12.4 Å². The predicted octanol–water partition coefficient (Wildman–Crippen LogP) is 5.42. The summed E-state index contributed by atoms with van der Waals surface area (Å²) in [6.07, 6.45) is 2.17. The highest BCUT2D eigenvalue weighted by atomic mass is 35.5. The molecule has 2 aromatic heterocycles. The second-order valence-corrected chi connectivity index (χ2v) is 8.06. The first-order valence-corrected chi connectivity index (χ1v) is 9.27. The molecule has 0 saturated heterocycles. The van der Waals surface area contributed by atoms with Crippen LogP contribution in [0.5, 0.6) is 0 Å². The van der Waals surface area contributed by atoms with Gasteiger partial charge in [-0.05, 0) is 50.6 Å². The molecule has 0 saturated carbocycles. The Morgan fingerprint density at radius 1 is 1.04 bits per heavy atom. The van der Waals surface area contributed by atoms with Gasteiger partial charge in [0.1, 0.15) is 0 Å². The van der Waals surface area contributed by atoms with Crippen LogP contribution in [0.1, 0.15) is 20.8 Å². The maximum absolute atomic E-state index is 6.07. The van der Waals surface area contributed by atoms with Gasteiger partial charge in [0.05, 0.1) is 16.7 Å². The lowest BCUT2D eigenvalue weighted by atomic mass is 10.1. The first kappa shape index (κ1) is 19.7. The minimum atomic E-state index is 0. The number of halogens is 2. The van der Waals surface area contributed by atoms with E-state index in [1.807, 2.05) is 18.2 Å². The Hall–Kier alpha value is -2.01. The van der Waals surface area contributed by atoms with E-state index in [0.29, 0.717) is 0 Å². The van der Waals surface area contributed by atoms with Crippen molar-refractivity contribution in [1.82, 2.24) is 19.3 Å². The molecule has 1 N–H and O–H groups in total. The van der Waals surface area contributed by atoms with Crippen molar-refractivity contribution in [3.63, 3.8) is 0 Å². The summed E-state index contributed by atoms with van der Waals surface area (Å²) < 4.78 is 4.46. The molecule has 2 heterocycles. The largest absolute Gasteiger partial charge is 0.310 e. The summed E-state index contributed by atoms with van der Waals surface area (Å²) in [6.45, 7) is 8.26. The molecule has 4 nitrogen and oxygen atoms in total. The summed E-state index contributed by atoms with van der Waals surface area (Å²) >= 11 is 6.07. The van der Waals surface area contributed by atoms with Gasteiger partial charge in [0.25, 0.3) is 0 Å². The minimum absolute atomic E-state index is 0. The van der Waals surface area contributed by atoms with Gasteiger partial charge in [-0.3, -0.25) is 4.40 Å². The van der Waals surface area contributed by atoms with Crippen LogP contribution in [0.3, 0.4) is 0 Å². The summed E-state index contributed by atoms with van der Waals surface area (Å²) in [4.78, 5) is 4.87. The Balaban J connectivity index is 0.00000210. The average Bonchev–Trinajstić information content (AvgIpc) is 3.11. The topological polar surface area (TPSA) is 34.3 Å². The second kappa shape index (κ2) is 7.55. The third-order valence-electron chi connectivity index (χ3n) is 4.49. The molecule has 0 aliphatic carbocycles. The van der Waals surface area contributed by atoms with Gasteiger partial charge >= 0.3 is 0 Å². The SMILES string of the molecule is CC(C)(C)NCCn1c(-c2ccc(Cl)cc2)cn2c3ccccc3nc12.Cl. The predicted molar refractivity (Wildman–Crippen MR) is 116 cm³/mol. The molecule has 0 aliphatic rings. The van der Waals surface area contributed by atoms with Crippen molar-refractivity contribution >= 4 is 40.8 Å². The fraction of sp³-hybridized carbons (Fsp3) is 0.286. The highest BCUT2D eigenvalue weighted by Gasteiger charge is 2.16. The van der Waals surface area contributed by atoms with Gasteiger partial charge in [-0.25, -0.2) is 4.98 Å². The van der Waals surface area contributed by atoms with Gasteiger partial charge < -0.3 is 9.88 Å². The lowest BCUT2D eigenvalue weighted by Crippen LogP contribution is -2.37. The van der Waals surface area contributed by atoms with Gasteiger partial charge in [0.2, 0.25) is 5.78 Å². The molecule has 4 aromatic rings. The van der Waals surface area contributed by atoms with E-state index in [1.54, 1.807) is 0 Å². The number of imidazole rings is 2. The average molecular weight is 403 g/mol. The molecule has 27 heavy (non-hydrogen) atoms. The van der Waals surface area contributed by atoms with E-state index in [0.717, 1.165) is 46.2 Å². The van der Waals surface area contributed by atoms with Crippen molar-refractivity contribution in [1.29, 1.82) is 0 Å². The number of fused-ring (bicyclic) bond motifs is 3. The zero-order valence-electron chi connectivity index (χ0n) is 15.7. The minimum Gasteiger partial charge on any atom is -0.310 e.